The molecule has 1 saturated heterocycles. The van der Waals surface area contributed by atoms with Gasteiger partial charge in [-0.2, -0.15) is 8.42 Å². The highest BCUT2D eigenvalue weighted by Gasteiger charge is 2.35. The van der Waals surface area contributed by atoms with Crippen LogP contribution in [0.3, 0.4) is 0 Å². The number of hydrogen-bond acceptors (Lipinski definition) is 4. The molecule has 4 rings (SSSR count). The molecular formula is C20H20FN3O3S. The Morgan fingerprint density at radius 3 is 2.86 bits per heavy atom. The molecule has 0 aliphatic carbocycles. The smallest absolute Gasteiger partial charge is 0.285 e. The van der Waals surface area contributed by atoms with E-state index in [1.807, 2.05) is 4.90 Å². The Morgan fingerprint density at radius 1 is 1.25 bits per heavy atom. The predicted octanol–water partition coefficient (Wildman–Crippen LogP) is 2.93. The van der Waals surface area contributed by atoms with Crippen LogP contribution in [0.5, 0.6) is 0 Å². The Bertz CT molecular complexity index is 1080. The van der Waals surface area contributed by atoms with Crippen molar-refractivity contribution in [3.05, 3.63) is 59.4 Å². The highest BCUT2D eigenvalue weighted by atomic mass is 32.2. The number of hydrogen-bond donors (Lipinski definition) is 1. The molecule has 0 radical (unpaired) electrons. The van der Waals surface area contributed by atoms with Gasteiger partial charge in [0.15, 0.2) is 5.84 Å². The number of nitrogens with zero attached hydrogens (tertiary/aromatic N) is 2. The zero-order valence-electron chi connectivity index (χ0n) is 15.4. The minimum atomic E-state index is -3.70. The maximum Gasteiger partial charge on any atom is 0.285 e. The van der Waals surface area contributed by atoms with Gasteiger partial charge in [0.25, 0.3) is 10.0 Å². The third kappa shape index (κ3) is 3.40. The number of piperidine rings is 1. The van der Waals surface area contributed by atoms with Gasteiger partial charge in [-0.1, -0.05) is 18.2 Å². The SMILES string of the molecule is Cc1ccc(F)cc1NC(=O)[C@H]1CCCN(C2=NS(=O)(=O)c3ccccc32)C1. The molecule has 1 N–H and O–H groups in total. The van der Waals surface area contributed by atoms with E-state index in [4.69, 9.17) is 0 Å². The third-order valence-corrected chi connectivity index (χ3v) is 6.49. The second-order valence-corrected chi connectivity index (χ2v) is 8.69. The Morgan fingerprint density at radius 2 is 2.04 bits per heavy atom. The fourth-order valence-corrected chi connectivity index (χ4v) is 4.89. The van der Waals surface area contributed by atoms with Gasteiger partial charge >= 0.3 is 0 Å². The molecule has 146 valence electrons. The number of halogens is 1. The molecule has 1 atom stereocenters. The first-order valence-electron chi connectivity index (χ1n) is 9.11. The molecule has 0 unspecified atom stereocenters. The van der Waals surface area contributed by atoms with Crippen molar-refractivity contribution in [1.29, 1.82) is 0 Å². The summed E-state index contributed by atoms with van der Waals surface area (Å²) < 4.78 is 42.0. The summed E-state index contributed by atoms with van der Waals surface area (Å²) in [6.07, 6.45) is 1.42. The van der Waals surface area contributed by atoms with Gasteiger partial charge in [-0.3, -0.25) is 4.79 Å². The zero-order chi connectivity index (χ0) is 19.9. The number of benzene rings is 2. The third-order valence-electron chi connectivity index (χ3n) is 5.16. The molecule has 0 aromatic heterocycles. The number of amidine groups is 1. The van der Waals surface area contributed by atoms with Crippen LogP contribution in [-0.2, 0) is 14.8 Å². The molecule has 28 heavy (non-hydrogen) atoms. The Balaban J connectivity index is 1.54. The van der Waals surface area contributed by atoms with Crippen molar-refractivity contribution in [2.75, 3.05) is 18.4 Å². The molecule has 0 spiro atoms. The number of rotatable bonds is 2. The monoisotopic (exact) mass is 401 g/mol. The maximum atomic E-state index is 13.5. The van der Waals surface area contributed by atoms with Crippen molar-refractivity contribution in [3.8, 4) is 0 Å². The van der Waals surface area contributed by atoms with Crippen LogP contribution in [0.1, 0.15) is 24.0 Å². The Hall–Kier alpha value is -2.74. The number of aryl methyl sites for hydroxylation is 1. The number of sulfonamides is 1. The summed E-state index contributed by atoms with van der Waals surface area (Å²) in [6.45, 7) is 2.80. The van der Waals surface area contributed by atoms with E-state index in [2.05, 4.69) is 9.71 Å². The molecule has 0 bridgehead atoms. The molecule has 1 amide bonds. The van der Waals surface area contributed by atoms with E-state index in [-0.39, 0.29) is 16.7 Å². The van der Waals surface area contributed by atoms with Gasteiger partial charge in [0.2, 0.25) is 5.91 Å². The van der Waals surface area contributed by atoms with Crippen LogP contribution in [0.15, 0.2) is 51.8 Å². The summed E-state index contributed by atoms with van der Waals surface area (Å²) in [6, 6.07) is 11.0. The molecule has 2 aliphatic heterocycles. The van der Waals surface area contributed by atoms with E-state index >= 15 is 0 Å². The summed E-state index contributed by atoms with van der Waals surface area (Å²) in [7, 11) is -3.70. The van der Waals surface area contributed by atoms with Gasteiger partial charge in [-0.15, -0.1) is 4.40 Å². The number of nitrogens with one attached hydrogen (secondary N) is 1. The highest BCUT2D eigenvalue weighted by Crippen LogP contribution is 2.30. The van der Waals surface area contributed by atoms with E-state index in [0.717, 1.165) is 12.0 Å². The van der Waals surface area contributed by atoms with Crippen molar-refractivity contribution >= 4 is 27.5 Å². The van der Waals surface area contributed by atoms with Crippen molar-refractivity contribution < 1.29 is 17.6 Å². The fraction of sp³-hybridized carbons (Fsp3) is 0.300. The lowest BCUT2D eigenvalue weighted by molar-refractivity contribution is -0.121. The summed E-state index contributed by atoms with van der Waals surface area (Å²) >= 11 is 0. The van der Waals surface area contributed by atoms with Gasteiger partial charge in [0, 0.05) is 24.3 Å². The van der Waals surface area contributed by atoms with Crippen LogP contribution >= 0.6 is 0 Å². The van der Waals surface area contributed by atoms with Gasteiger partial charge in [-0.05, 0) is 49.6 Å². The number of likely N-dealkylation sites (tertiary alicyclic amines) is 1. The number of carbonyl (C=O) groups is 1. The molecule has 2 heterocycles. The summed E-state index contributed by atoms with van der Waals surface area (Å²) in [4.78, 5) is 14.8. The molecular weight excluding hydrogens is 381 g/mol. The number of anilines is 1. The molecule has 2 aromatic carbocycles. The topological polar surface area (TPSA) is 78.8 Å². The van der Waals surface area contributed by atoms with Gasteiger partial charge < -0.3 is 10.2 Å². The van der Waals surface area contributed by atoms with Crippen LogP contribution in [0.4, 0.5) is 10.1 Å². The normalized spacial score (nSPS) is 20.4. The largest absolute Gasteiger partial charge is 0.355 e. The second kappa shape index (κ2) is 7.01. The van der Waals surface area contributed by atoms with Crippen LogP contribution in [0.2, 0.25) is 0 Å². The average molecular weight is 401 g/mol. The van der Waals surface area contributed by atoms with Gasteiger partial charge in [0.05, 0.1) is 5.92 Å². The van der Waals surface area contributed by atoms with Crippen molar-refractivity contribution in [1.82, 2.24) is 4.90 Å². The Labute approximate surface area is 163 Å². The standard InChI is InChI=1S/C20H20FN3O3S/c1-13-8-9-15(21)11-17(13)22-20(25)14-5-4-10-24(12-14)19-16-6-2-3-7-18(16)28(26,27)23-19/h2-3,6-9,11,14H,4-5,10,12H2,1H3,(H,22,25)/t14-/m0/s1. The van der Waals surface area contributed by atoms with E-state index < -0.39 is 15.8 Å². The summed E-state index contributed by atoms with van der Waals surface area (Å²) in [5, 5.41) is 2.80. The fourth-order valence-electron chi connectivity index (χ4n) is 3.66. The minimum Gasteiger partial charge on any atom is -0.355 e. The lowest BCUT2D eigenvalue weighted by Gasteiger charge is -2.33. The van der Waals surface area contributed by atoms with Gasteiger partial charge in [0.1, 0.15) is 10.7 Å². The number of carbonyl (C=O) groups excluding carboxylic acids is 1. The first kappa shape index (κ1) is 18.6. The predicted molar refractivity (Wildman–Crippen MR) is 104 cm³/mol. The quantitative estimate of drug-likeness (QED) is 0.839. The molecule has 8 heteroatoms. The lowest BCUT2D eigenvalue weighted by atomic mass is 9.96. The maximum absolute atomic E-state index is 13.5. The summed E-state index contributed by atoms with van der Waals surface area (Å²) in [5.74, 6) is -0.550. The van der Waals surface area contributed by atoms with Crippen LogP contribution < -0.4 is 5.32 Å². The molecule has 6 nitrogen and oxygen atoms in total. The highest BCUT2D eigenvalue weighted by molar-refractivity contribution is 7.90. The molecule has 2 aromatic rings. The van der Waals surface area contributed by atoms with Crippen molar-refractivity contribution in [3.63, 3.8) is 0 Å². The average Bonchev–Trinajstić information content (AvgIpc) is 2.96. The first-order valence-corrected chi connectivity index (χ1v) is 10.6. The summed E-state index contributed by atoms with van der Waals surface area (Å²) in [5.41, 5.74) is 1.81. The van der Waals surface area contributed by atoms with E-state index in [1.165, 1.54) is 12.1 Å². The molecule has 1 fully saturated rings. The number of fused-ring (bicyclic) bond motifs is 1. The van der Waals surface area contributed by atoms with Crippen LogP contribution in [-0.4, -0.2) is 38.2 Å². The van der Waals surface area contributed by atoms with Crippen molar-refractivity contribution in [2.24, 2.45) is 10.3 Å². The van der Waals surface area contributed by atoms with Crippen LogP contribution in [0, 0.1) is 18.7 Å². The Kier molecular flexibility index (Phi) is 4.66. The zero-order valence-corrected chi connectivity index (χ0v) is 16.2. The first-order chi connectivity index (χ1) is 13.3. The minimum absolute atomic E-state index is 0.201. The van der Waals surface area contributed by atoms with Crippen LogP contribution in [0.25, 0.3) is 0 Å². The van der Waals surface area contributed by atoms with E-state index in [0.29, 0.717) is 36.6 Å². The number of amides is 1. The van der Waals surface area contributed by atoms with E-state index in [9.17, 15) is 17.6 Å². The van der Waals surface area contributed by atoms with Gasteiger partial charge in [-0.25, -0.2) is 4.39 Å². The molecule has 2 aliphatic rings. The lowest BCUT2D eigenvalue weighted by Crippen LogP contribution is -2.43. The van der Waals surface area contributed by atoms with E-state index in [1.54, 1.807) is 37.3 Å². The van der Waals surface area contributed by atoms with Crippen molar-refractivity contribution in [2.45, 2.75) is 24.7 Å². The molecule has 0 saturated carbocycles. The second-order valence-electron chi connectivity index (χ2n) is 7.12.